The number of para-hydroxylation sites is 2. The molecule has 0 aliphatic carbocycles. The van der Waals surface area contributed by atoms with Crippen molar-refractivity contribution in [1.82, 2.24) is 0 Å². The van der Waals surface area contributed by atoms with E-state index >= 15 is 0 Å². The highest BCUT2D eigenvalue weighted by molar-refractivity contribution is 5.57. The molecule has 0 aliphatic rings. The molecular formula is C30H32N2. The zero-order valence-corrected chi connectivity index (χ0v) is 19.0. The van der Waals surface area contributed by atoms with Crippen molar-refractivity contribution in [3.8, 4) is 0 Å². The zero-order chi connectivity index (χ0) is 22.2. The quantitative estimate of drug-likeness (QED) is 0.274. The summed E-state index contributed by atoms with van der Waals surface area (Å²) in [5.41, 5.74) is 7.74. The molecule has 0 bridgehead atoms. The maximum absolute atomic E-state index is 3.65. The van der Waals surface area contributed by atoms with E-state index in [9.17, 15) is 0 Å². The van der Waals surface area contributed by atoms with Crippen LogP contribution in [-0.2, 0) is 0 Å². The van der Waals surface area contributed by atoms with E-state index in [0.29, 0.717) is 11.8 Å². The number of rotatable bonds is 9. The molecule has 4 aromatic rings. The predicted molar refractivity (Wildman–Crippen MR) is 138 cm³/mol. The summed E-state index contributed by atoms with van der Waals surface area (Å²) in [6, 6.07) is 38.7. The Morgan fingerprint density at radius 2 is 0.812 bits per heavy atom. The Morgan fingerprint density at radius 3 is 1.22 bits per heavy atom. The standard InChI is InChI=1S/C30H32N2/c1-23(25-13-5-3-6-14-25)27-17-9-11-19-29(27)31-21-22-32-30-20-12-10-18-28(30)24(2)26-15-7-4-8-16-26/h3-20,23-24,31-32H,21-22H2,1-2H3. The van der Waals surface area contributed by atoms with Gasteiger partial charge in [-0.3, -0.25) is 0 Å². The van der Waals surface area contributed by atoms with E-state index in [4.69, 9.17) is 0 Å². The molecular weight excluding hydrogens is 388 g/mol. The van der Waals surface area contributed by atoms with Crippen LogP contribution in [0.25, 0.3) is 0 Å². The normalized spacial score (nSPS) is 12.7. The first-order chi connectivity index (χ1) is 15.7. The van der Waals surface area contributed by atoms with Crippen LogP contribution >= 0.6 is 0 Å². The lowest BCUT2D eigenvalue weighted by atomic mass is 9.92. The molecule has 0 aliphatic heterocycles. The third-order valence-corrected chi connectivity index (χ3v) is 6.21. The maximum Gasteiger partial charge on any atom is 0.0379 e. The van der Waals surface area contributed by atoms with Gasteiger partial charge in [-0.1, -0.05) is 111 Å². The van der Waals surface area contributed by atoms with Gasteiger partial charge in [-0.15, -0.1) is 0 Å². The lowest BCUT2D eigenvalue weighted by Gasteiger charge is -2.20. The summed E-state index contributed by atoms with van der Waals surface area (Å²) in [6.45, 7) is 6.25. The van der Waals surface area contributed by atoms with E-state index < -0.39 is 0 Å². The molecule has 4 aromatic carbocycles. The monoisotopic (exact) mass is 420 g/mol. The molecule has 0 saturated carbocycles. The van der Waals surface area contributed by atoms with Crippen molar-refractivity contribution < 1.29 is 0 Å². The van der Waals surface area contributed by atoms with E-state index in [0.717, 1.165) is 13.1 Å². The lowest BCUT2D eigenvalue weighted by molar-refractivity contribution is 0.913. The molecule has 0 radical (unpaired) electrons. The van der Waals surface area contributed by atoms with E-state index in [-0.39, 0.29) is 0 Å². The predicted octanol–water partition coefficient (Wildman–Crippen LogP) is 7.51. The van der Waals surface area contributed by atoms with E-state index in [1.54, 1.807) is 0 Å². The van der Waals surface area contributed by atoms with Crippen molar-refractivity contribution in [2.75, 3.05) is 23.7 Å². The van der Waals surface area contributed by atoms with Gasteiger partial charge in [0.2, 0.25) is 0 Å². The van der Waals surface area contributed by atoms with Crippen LogP contribution < -0.4 is 10.6 Å². The Hall–Kier alpha value is -3.52. The molecule has 2 heteroatoms. The molecule has 0 spiro atoms. The summed E-state index contributed by atoms with van der Waals surface area (Å²) in [7, 11) is 0. The smallest absolute Gasteiger partial charge is 0.0379 e. The zero-order valence-electron chi connectivity index (χ0n) is 19.0. The highest BCUT2D eigenvalue weighted by Crippen LogP contribution is 2.31. The molecule has 0 aromatic heterocycles. The van der Waals surface area contributed by atoms with Gasteiger partial charge in [0.05, 0.1) is 0 Å². The number of benzene rings is 4. The number of hydrogen-bond donors (Lipinski definition) is 2. The summed E-state index contributed by atoms with van der Waals surface area (Å²) in [4.78, 5) is 0. The van der Waals surface area contributed by atoms with Gasteiger partial charge in [0.1, 0.15) is 0 Å². The van der Waals surface area contributed by atoms with Gasteiger partial charge < -0.3 is 10.6 Å². The van der Waals surface area contributed by atoms with Crippen LogP contribution in [0.2, 0.25) is 0 Å². The Kier molecular flexibility index (Phi) is 7.24. The summed E-state index contributed by atoms with van der Waals surface area (Å²) in [6.07, 6.45) is 0. The van der Waals surface area contributed by atoms with Crippen molar-refractivity contribution in [2.24, 2.45) is 0 Å². The van der Waals surface area contributed by atoms with Gasteiger partial charge >= 0.3 is 0 Å². The molecule has 2 nitrogen and oxygen atoms in total. The first-order valence-corrected chi connectivity index (χ1v) is 11.5. The molecule has 4 rings (SSSR count). The average Bonchev–Trinajstić information content (AvgIpc) is 2.87. The second kappa shape index (κ2) is 10.7. The average molecular weight is 421 g/mol. The molecule has 2 atom stereocenters. The highest BCUT2D eigenvalue weighted by atomic mass is 15.0. The minimum absolute atomic E-state index is 0.348. The van der Waals surface area contributed by atoms with Gasteiger partial charge in [-0.05, 0) is 34.4 Å². The molecule has 2 N–H and O–H groups in total. The van der Waals surface area contributed by atoms with Crippen LogP contribution in [0.15, 0.2) is 109 Å². The van der Waals surface area contributed by atoms with E-state index in [1.165, 1.54) is 33.6 Å². The van der Waals surface area contributed by atoms with E-state index in [1.807, 2.05) is 0 Å². The van der Waals surface area contributed by atoms with E-state index in [2.05, 4.69) is 134 Å². The Balaban J connectivity index is 1.40. The molecule has 0 amide bonds. The van der Waals surface area contributed by atoms with Crippen molar-refractivity contribution in [1.29, 1.82) is 0 Å². The van der Waals surface area contributed by atoms with Crippen LogP contribution in [0.5, 0.6) is 0 Å². The molecule has 0 saturated heterocycles. The van der Waals surface area contributed by atoms with Crippen LogP contribution in [0, 0.1) is 0 Å². The van der Waals surface area contributed by atoms with Gasteiger partial charge in [-0.25, -0.2) is 0 Å². The van der Waals surface area contributed by atoms with Gasteiger partial charge in [0.25, 0.3) is 0 Å². The molecule has 0 heterocycles. The fraction of sp³-hybridized carbons (Fsp3) is 0.200. The third-order valence-electron chi connectivity index (χ3n) is 6.21. The van der Waals surface area contributed by atoms with Crippen LogP contribution in [0.4, 0.5) is 11.4 Å². The van der Waals surface area contributed by atoms with Crippen molar-refractivity contribution in [3.05, 3.63) is 131 Å². The molecule has 32 heavy (non-hydrogen) atoms. The summed E-state index contributed by atoms with van der Waals surface area (Å²) >= 11 is 0. The minimum atomic E-state index is 0.348. The van der Waals surface area contributed by atoms with Crippen LogP contribution in [-0.4, -0.2) is 13.1 Å². The first-order valence-electron chi connectivity index (χ1n) is 11.5. The van der Waals surface area contributed by atoms with Gasteiger partial charge in [-0.2, -0.15) is 0 Å². The topological polar surface area (TPSA) is 24.1 Å². The van der Waals surface area contributed by atoms with Crippen molar-refractivity contribution in [3.63, 3.8) is 0 Å². The Labute approximate surface area is 192 Å². The van der Waals surface area contributed by atoms with Gasteiger partial charge in [0, 0.05) is 36.3 Å². The minimum Gasteiger partial charge on any atom is -0.383 e. The summed E-state index contributed by atoms with van der Waals surface area (Å²) in [5, 5.41) is 7.30. The number of hydrogen-bond acceptors (Lipinski definition) is 2. The van der Waals surface area contributed by atoms with Crippen LogP contribution in [0.1, 0.15) is 47.9 Å². The molecule has 0 fully saturated rings. The van der Waals surface area contributed by atoms with Crippen LogP contribution in [0.3, 0.4) is 0 Å². The van der Waals surface area contributed by atoms with Crippen molar-refractivity contribution in [2.45, 2.75) is 25.7 Å². The largest absolute Gasteiger partial charge is 0.383 e. The SMILES string of the molecule is CC(c1ccccc1)c1ccccc1NCCNc1ccccc1C(C)c1ccccc1. The Morgan fingerprint density at radius 1 is 0.469 bits per heavy atom. The fourth-order valence-electron chi connectivity index (χ4n) is 4.31. The van der Waals surface area contributed by atoms with Crippen molar-refractivity contribution >= 4 is 11.4 Å². The first kappa shape index (κ1) is 21.7. The third kappa shape index (κ3) is 5.20. The fourth-order valence-corrected chi connectivity index (χ4v) is 4.31. The number of anilines is 2. The summed E-state index contributed by atoms with van der Waals surface area (Å²) < 4.78 is 0. The maximum atomic E-state index is 3.65. The second-order valence-electron chi connectivity index (χ2n) is 8.29. The summed E-state index contributed by atoms with van der Waals surface area (Å²) in [5.74, 6) is 0.695. The van der Waals surface area contributed by atoms with Gasteiger partial charge in [0.15, 0.2) is 0 Å². The Bertz CT molecular complexity index is 1010. The molecule has 2 unspecified atom stereocenters. The molecule has 162 valence electrons. The second-order valence-corrected chi connectivity index (χ2v) is 8.29. The number of nitrogens with one attached hydrogen (secondary N) is 2. The lowest BCUT2D eigenvalue weighted by Crippen LogP contribution is -2.16. The highest BCUT2D eigenvalue weighted by Gasteiger charge is 2.13.